The molecule has 0 spiro atoms. The van der Waals surface area contributed by atoms with Gasteiger partial charge in [-0.2, -0.15) is 13.2 Å². The number of alkyl halides is 5. The molecule has 106 valence electrons. The van der Waals surface area contributed by atoms with E-state index in [4.69, 9.17) is 0 Å². The lowest BCUT2D eigenvalue weighted by Crippen LogP contribution is -2.17. The van der Waals surface area contributed by atoms with Crippen molar-refractivity contribution >= 4 is 21.9 Å². The summed E-state index contributed by atoms with van der Waals surface area (Å²) in [4.78, 5) is 14.3. The molecule has 0 aliphatic heterocycles. The van der Waals surface area contributed by atoms with Gasteiger partial charge in [0, 0.05) is 5.56 Å². The highest BCUT2D eigenvalue weighted by Crippen LogP contribution is 2.37. The van der Waals surface area contributed by atoms with Gasteiger partial charge in [0.25, 0.3) is 6.43 Å². The van der Waals surface area contributed by atoms with Crippen LogP contribution in [0, 0.1) is 0 Å². The first-order valence-corrected chi connectivity index (χ1v) is 5.57. The number of rotatable bonds is 3. The molecule has 0 amide bonds. The maximum atomic E-state index is 12.8. The van der Waals surface area contributed by atoms with E-state index < -0.39 is 41.8 Å². The predicted octanol–water partition coefficient (Wildman–Crippen LogP) is 3.52. The fourth-order valence-corrected chi connectivity index (χ4v) is 1.81. The predicted molar refractivity (Wildman–Crippen MR) is 57.6 cm³/mol. The molecule has 0 aliphatic carbocycles. The summed E-state index contributed by atoms with van der Waals surface area (Å²) in [5, 5.41) is 0. The van der Waals surface area contributed by atoms with Gasteiger partial charge in [0.05, 0.1) is 19.1 Å². The van der Waals surface area contributed by atoms with Gasteiger partial charge < -0.3 is 4.74 Å². The van der Waals surface area contributed by atoms with Crippen molar-refractivity contribution in [1.29, 1.82) is 0 Å². The van der Waals surface area contributed by atoms with Gasteiger partial charge in [-0.3, -0.25) is 4.79 Å². The van der Waals surface area contributed by atoms with Crippen molar-refractivity contribution in [1.82, 2.24) is 4.98 Å². The number of pyridine rings is 1. The largest absolute Gasteiger partial charge is 0.469 e. The monoisotopic (exact) mass is 347 g/mol. The molecule has 3 nitrogen and oxygen atoms in total. The van der Waals surface area contributed by atoms with Crippen molar-refractivity contribution in [3.63, 3.8) is 0 Å². The molecular weight excluding hydrogens is 341 g/mol. The number of methoxy groups -OCH3 is 1. The normalized spacial score (nSPS) is 11.8. The first-order valence-electron chi connectivity index (χ1n) is 4.78. The third kappa shape index (κ3) is 3.85. The molecule has 0 atom stereocenters. The summed E-state index contributed by atoms with van der Waals surface area (Å²) in [6.07, 6.45) is -9.04. The molecule has 1 heterocycles. The van der Waals surface area contributed by atoms with E-state index in [0.717, 1.165) is 7.11 Å². The molecule has 19 heavy (non-hydrogen) atoms. The molecule has 1 aromatic heterocycles. The van der Waals surface area contributed by atoms with Gasteiger partial charge in [0.15, 0.2) is 0 Å². The summed E-state index contributed by atoms with van der Waals surface area (Å²) < 4.78 is 67.6. The van der Waals surface area contributed by atoms with Crippen molar-refractivity contribution in [3.8, 4) is 0 Å². The van der Waals surface area contributed by atoms with Gasteiger partial charge in [0.2, 0.25) is 0 Å². The maximum absolute atomic E-state index is 12.8. The first-order chi connectivity index (χ1) is 8.66. The Morgan fingerprint density at radius 3 is 2.47 bits per heavy atom. The van der Waals surface area contributed by atoms with Crippen LogP contribution >= 0.6 is 15.9 Å². The molecule has 0 saturated carbocycles. The van der Waals surface area contributed by atoms with Crippen LogP contribution in [0.15, 0.2) is 10.7 Å². The second-order valence-electron chi connectivity index (χ2n) is 3.41. The molecule has 0 aliphatic rings. The van der Waals surface area contributed by atoms with Crippen molar-refractivity contribution in [2.75, 3.05) is 7.11 Å². The van der Waals surface area contributed by atoms with E-state index in [1.54, 1.807) is 0 Å². The maximum Gasteiger partial charge on any atom is 0.416 e. The van der Waals surface area contributed by atoms with Crippen LogP contribution in [0.2, 0.25) is 0 Å². The Morgan fingerprint density at radius 1 is 1.47 bits per heavy atom. The van der Waals surface area contributed by atoms with Crippen LogP contribution < -0.4 is 0 Å². The van der Waals surface area contributed by atoms with E-state index in [-0.39, 0.29) is 4.60 Å². The van der Waals surface area contributed by atoms with Crippen LogP contribution in [-0.4, -0.2) is 18.1 Å². The summed E-state index contributed by atoms with van der Waals surface area (Å²) >= 11 is 2.63. The third-order valence-electron chi connectivity index (χ3n) is 2.19. The van der Waals surface area contributed by atoms with E-state index in [9.17, 15) is 26.7 Å². The Balaban J connectivity index is 3.47. The van der Waals surface area contributed by atoms with Crippen LogP contribution in [0.5, 0.6) is 0 Å². The van der Waals surface area contributed by atoms with Crippen LogP contribution in [-0.2, 0) is 22.1 Å². The van der Waals surface area contributed by atoms with Gasteiger partial charge in [0.1, 0.15) is 10.3 Å². The van der Waals surface area contributed by atoms with Gasteiger partial charge >= 0.3 is 12.1 Å². The molecule has 0 aromatic carbocycles. The highest BCUT2D eigenvalue weighted by Gasteiger charge is 2.37. The highest BCUT2D eigenvalue weighted by atomic mass is 79.9. The first kappa shape index (κ1) is 15.8. The molecule has 0 fully saturated rings. The van der Waals surface area contributed by atoms with Crippen LogP contribution in [0.25, 0.3) is 0 Å². The Kier molecular flexibility index (Phi) is 4.83. The molecule has 0 bridgehead atoms. The molecule has 0 radical (unpaired) electrons. The number of hydrogen-bond donors (Lipinski definition) is 0. The van der Waals surface area contributed by atoms with Gasteiger partial charge in [-0.25, -0.2) is 13.8 Å². The van der Waals surface area contributed by atoms with Gasteiger partial charge in [-0.1, -0.05) is 0 Å². The molecule has 0 N–H and O–H groups in total. The molecular formula is C10H7BrF5NO2. The lowest BCUT2D eigenvalue weighted by atomic mass is 10.0. The zero-order chi connectivity index (χ0) is 14.8. The zero-order valence-corrected chi connectivity index (χ0v) is 11.0. The third-order valence-corrected chi connectivity index (χ3v) is 2.59. The van der Waals surface area contributed by atoms with E-state index in [1.807, 2.05) is 0 Å². The zero-order valence-electron chi connectivity index (χ0n) is 9.39. The summed E-state index contributed by atoms with van der Waals surface area (Å²) in [6.45, 7) is 0. The Bertz CT molecular complexity index is 490. The van der Waals surface area contributed by atoms with Crippen LogP contribution in [0.3, 0.4) is 0 Å². The number of nitrogens with zero attached hydrogens (tertiary/aromatic N) is 1. The molecule has 9 heteroatoms. The minimum Gasteiger partial charge on any atom is -0.469 e. The quantitative estimate of drug-likeness (QED) is 0.477. The number of halogens is 6. The van der Waals surface area contributed by atoms with Crippen molar-refractivity contribution in [2.45, 2.75) is 19.0 Å². The number of esters is 1. The Morgan fingerprint density at radius 2 is 2.05 bits per heavy atom. The van der Waals surface area contributed by atoms with Crippen LogP contribution in [0.4, 0.5) is 22.0 Å². The number of aromatic nitrogens is 1. The van der Waals surface area contributed by atoms with Crippen molar-refractivity contribution < 1.29 is 31.5 Å². The summed E-state index contributed by atoms with van der Waals surface area (Å²) in [7, 11) is 0.948. The van der Waals surface area contributed by atoms with Crippen LogP contribution in [0.1, 0.15) is 23.2 Å². The average molecular weight is 348 g/mol. The SMILES string of the molecule is COC(=O)Cc1c(C(F)(F)F)cc(Br)nc1C(F)F. The second kappa shape index (κ2) is 5.81. The van der Waals surface area contributed by atoms with Gasteiger partial charge in [-0.05, 0) is 22.0 Å². The van der Waals surface area contributed by atoms with E-state index in [2.05, 4.69) is 25.7 Å². The fourth-order valence-electron chi connectivity index (χ4n) is 1.39. The molecule has 0 unspecified atom stereocenters. The Labute approximate surface area is 112 Å². The lowest BCUT2D eigenvalue weighted by Gasteiger charge is -2.16. The molecule has 1 aromatic rings. The molecule has 1 rings (SSSR count). The minimum atomic E-state index is -4.88. The average Bonchev–Trinajstić information content (AvgIpc) is 2.28. The minimum absolute atomic E-state index is 0.385. The second-order valence-corrected chi connectivity index (χ2v) is 4.22. The van der Waals surface area contributed by atoms with E-state index in [1.165, 1.54) is 0 Å². The number of carbonyl (C=O) groups excluding carboxylic acids is 1. The van der Waals surface area contributed by atoms with Gasteiger partial charge in [-0.15, -0.1) is 0 Å². The van der Waals surface area contributed by atoms with Crippen molar-refractivity contribution in [2.24, 2.45) is 0 Å². The number of ether oxygens (including phenoxy) is 1. The molecule has 0 saturated heterocycles. The number of hydrogen-bond acceptors (Lipinski definition) is 3. The van der Waals surface area contributed by atoms with E-state index >= 15 is 0 Å². The van der Waals surface area contributed by atoms with Crippen molar-refractivity contribution in [3.05, 3.63) is 27.5 Å². The Hall–Kier alpha value is -1.25. The summed E-state index contributed by atoms with van der Waals surface area (Å²) in [5.41, 5.74) is -3.31. The number of carbonyl (C=O) groups is 1. The fraction of sp³-hybridized carbons (Fsp3) is 0.400. The summed E-state index contributed by atoms with van der Waals surface area (Å²) in [5.74, 6) is -1.06. The standard InChI is InChI=1S/C10H7BrF5NO2/c1-19-7(18)2-4-5(10(14,15)16)3-6(11)17-8(4)9(12)13/h3,9H,2H2,1H3. The van der Waals surface area contributed by atoms with E-state index in [0.29, 0.717) is 6.07 Å². The summed E-state index contributed by atoms with van der Waals surface area (Å²) in [6, 6.07) is 0.546. The lowest BCUT2D eigenvalue weighted by molar-refractivity contribution is -0.141. The topological polar surface area (TPSA) is 39.2 Å². The smallest absolute Gasteiger partial charge is 0.416 e. The highest BCUT2D eigenvalue weighted by molar-refractivity contribution is 9.10.